The van der Waals surface area contributed by atoms with Gasteiger partial charge in [0.1, 0.15) is 0 Å². The van der Waals surface area contributed by atoms with E-state index in [2.05, 4.69) is 27.7 Å². The molecule has 86 valence electrons. The number of ether oxygens (including phenoxy) is 1. The van der Waals surface area contributed by atoms with Crippen molar-refractivity contribution < 1.29 is 4.74 Å². The van der Waals surface area contributed by atoms with Gasteiger partial charge in [0.15, 0.2) is 0 Å². The van der Waals surface area contributed by atoms with E-state index in [1.807, 2.05) is 0 Å². The van der Waals surface area contributed by atoms with Crippen molar-refractivity contribution in [3.05, 3.63) is 0 Å². The quantitative estimate of drug-likeness (QED) is 0.552. The van der Waals surface area contributed by atoms with Gasteiger partial charge in [-0.05, 0) is 49.4 Å². The second kappa shape index (κ2) is 2.61. The Bertz CT molecular complexity index is 296. The standard InChI is InChI=1S/C14H24O/c1-12(2)7-5-8-13(3)10(12)6-9-14(4)11(13)15-14/h10-11H,5-9H2,1-4H3/t10-,11-,13-,14+/m0/s1. The number of fused-ring (bicyclic) bond motifs is 3. The third kappa shape index (κ3) is 1.19. The van der Waals surface area contributed by atoms with Crippen molar-refractivity contribution >= 4 is 0 Å². The molecule has 0 aromatic rings. The molecule has 3 fully saturated rings. The SMILES string of the molecule is CC1(C)CCC[C@@]2(C)[C@H]1CC[C@@]1(C)O[C@@H]21. The van der Waals surface area contributed by atoms with Gasteiger partial charge in [-0.25, -0.2) is 0 Å². The Kier molecular flexibility index (Phi) is 1.77. The van der Waals surface area contributed by atoms with Crippen molar-refractivity contribution in [3.63, 3.8) is 0 Å². The normalized spacial score (nSPS) is 56.8. The molecule has 15 heavy (non-hydrogen) atoms. The molecule has 0 bridgehead atoms. The lowest BCUT2D eigenvalue weighted by Crippen LogP contribution is -2.49. The largest absolute Gasteiger partial charge is 0.366 e. The summed E-state index contributed by atoms with van der Waals surface area (Å²) < 4.78 is 6.03. The van der Waals surface area contributed by atoms with E-state index in [0.717, 1.165) is 5.92 Å². The lowest BCUT2D eigenvalue weighted by atomic mass is 9.50. The van der Waals surface area contributed by atoms with Crippen LogP contribution in [-0.2, 0) is 4.74 Å². The summed E-state index contributed by atoms with van der Waals surface area (Å²) in [5.41, 5.74) is 1.29. The monoisotopic (exact) mass is 208 g/mol. The minimum absolute atomic E-state index is 0.263. The number of hydrogen-bond donors (Lipinski definition) is 0. The predicted molar refractivity (Wildman–Crippen MR) is 61.7 cm³/mol. The smallest absolute Gasteiger partial charge is 0.0927 e. The van der Waals surface area contributed by atoms with E-state index >= 15 is 0 Å². The maximum Gasteiger partial charge on any atom is 0.0927 e. The van der Waals surface area contributed by atoms with Crippen LogP contribution in [0.1, 0.15) is 59.8 Å². The van der Waals surface area contributed by atoms with E-state index < -0.39 is 0 Å². The molecule has 0 radical (unpaired) electrons. The Morgan fingerprint density at radius 1 is 1.00 bits per heavy atom. The van der Waals surface area contributed by atoms with Gasteiger partial charge < -0.3 is 4.74 Å². The molecule has 4 atom stereocenters. The molecular formula is C14H24O. The third-order valence-electron chi connectivity index (χ3n) is 5.69. The van der Waals surface area contributed by atoms with Crippen molar-refractivity contribution in [2.24, 2.45) is 16.7 Å². The molecule has 1 heteroatoms. The first-order valence-electron chi connectivity index (χ1n) is 6.56. The second-order valence-electron chi connectivity index (χ2n) is 7.25. The zero-order valence-corrected chi connectivity index (χ0v) is 10.6. The first-order chi connectivity index (χ1) is 6.89. The van der Waals surface area contributed by atoms with Crippen molar-refractivity contribution in [2.45, 2.75) is 71.5 Å². The van der Waals surface area contributed by atoms with E-state index in [4.69, 9.17) is 4.74 Å². The minimum atomic E-state index is 0.263. The van der Waals surface area contributed by atoms with Gasteiger partial charge in [0.05, 0.1) is 11.7 Å². The molecule has 1 saturated heterocycles. The Morgan fingerprint density at radius 3 is 2.47 bits per heavy atom. The van der Waals surface area contributed by atoms with Crippen LogP contribution in [0.15, 0.2) is 0 Å². The first-order valence-corrected chi connectivity index (χ1v) is 6.56. The van der Waals surface area contributed by atoms with Crippen LogP contribution in [0.3, 0.4) is 0 Å². The molecule has 0 unspecified atom stereocenters. The number of rotatable bonds is 0. The van der Waals surface area contributed by atoms with Gasteiger partial charge in [-0.15, -0.1) is 0 Å². The van der Waals surface area contributed by atoms with Gasteiger partial charge in [-0.1, -0.05) is 27.2 Å². The van der Waals surface area contributed by atoms with Crippen LogP contribution in [0.4, 0.5) is 0 Å². The molecule has 0 N–H and O–H groups in total. The highest BCUT2D eigenvalue weighted by Crippen LogP contribution is 2.66. The van der Waals surface area contributed by atoms with Crippen LogP contribution < -0.4 is 0 Å². The Labute approximate surface area is 93.6 Å². The summed E-state index contributed by atoms with van der Waals surface area (Å²) in [6.07, 6.45) is 7.45. The Morgan fingerprint density at radius 2 is 1.73 bits per heavy atom. The molecule has 3 aliphatic rings. The highest BCUT2D eigenvalue weighted by molar-refractivity contribution is 5.16. The minimum Gasteiger partial charge on any atom is -0.366 e. The second-order valence-corrected chi connectivity index (χ2v) is 7.25. The fourth-order valence-corrected chi connectivity index (χ4v) is 4.89. The molecule has 0 spiro atoms. The van der Waals surface area contributed by atoms with Gasteiger partial charge in [-0.3, -0.25) is 0 Å². The summed E-state index contributed by atoms with van der Waals surface area (Å²) in [4.78, 5) is 0. The third-order valence-corrected chi connectivity index (χ3v) is 5.69. The highest BCUT2D eigenvalue weighted by atomic mass is 16.6. The van der Waals surface area contributed by atoms with E-state index in [0.29, 0.717) is 16.9 Å². The van der Waals surface area contributed by atoms with Crippen molar-refractivity contribution in [3.8, 4) is 0 Å². The zero-order chi connectivity index (χ0) is 10.9. The van der Waals surface area contributed by atoms with E-state index in [-0.39, 0.29) is 5.60 Å². The maximum atomic E-state index is 6.03. The summed E-state index contributed by atoms with van der Waals surface area (Å²) in [7, 11) is 0. The molecule has 0 amide bonds. The summed E-state index contributed by atoms with van der Waals surface area (Å²) in [6, 6.07) is 0. The van der Waals surface area contributed by atoms with Crippen LogP contribution >= 0.6 is 0 Å². The van der Waals surface area contributed by atoms with Crippen molar-refractivity contribution in [1.29, 1.82) is 0 Å². The lowest BCUT2D eigenvalue weighted by Gasteiger charge is -2.53. The van der Waals surface area contributed by atoms with E-state index in [1.54, 1.807) is 0 Å². The first kappa shape index (κ1) is 10.1. The lowest BCUT2D eigenvalue weighted by molar-refractivity contribution is -0.0314. The van der Waals surface area contributed by atoms with E-state index in [1.165, 1.54) is 32.1 Å². The van der Waals surface area contributed by atoms with Crippen LogP contribution in [-0.4, -0.2) is 11.7 Å². The average Bonchev–Trinajstić information content (AvgIpc) is 2.77. The molecule has 0 aromatic carbocycles. The molecule has 0 aromatic heterocycles. The number of epoxide rings is 1. The fraction of sp³-hybridized carbons (Fsp3) is 1.00. The summed E-state index contributed by atoms with van der Waals surface area (Å²) in [5.74, 6) is 0.888. The van der Waals surface area contributed by atoms with Gasteiger partial charge in [0, 0.05) is 0 Å². The molecule has 1 aliphatic heterocycles. The fourth-order valence-electron chi connectivity index (χ4n) is 4.89. The van der Waals surface area contributed by atoms with Crippen LogP contribution in [0.5, 0.6) is 0 Å². The maximum absolute atomic E-state index is 6.03. The van der Waals surface area contributed by atoms with Gasteiger partial charge >= 0.3 is 0 Å². The highest BCUT2D eigenvalue weighted by Gasteiger charge is 2.68. The molecule has 1 nitrogen and oxygen atoms in total. The van der Waals surface area contributed by atoms with Crippen LogP contribution in [0.2, 0.25) is 0 Å². The molecule has 3 rings (SSSR count). The summed E-state index contributed by atoms with van der Waals surface area (Å²) >= 11 is 0. The molecule has 1 heterocycles. The van der Waals surface area contributed by atoms with Crippen LogP contribution in [0.25, 0.3) is 0 Å². The molecular weight excluding hydrogens is 184 g/mol. The average molecular weight is 208 g/mol. The molecule has 2 saturated carbocycles. The van der Waals surface area contributed by atoms with Gasteiger partial charge in [0.25, 0.3) is 0 Å². The van der Waals surface area contributed by atoms with E-state index in [9.17, 15) is 0 Å². The van der Waals surface area contributed by atoms with Crippen molar-refractivity contribution in [2.75, 3.05) is 0 Å². The predicted octanol–water partition coefficient (Wildman–Crippen LogP) is 3.77. The van der Waals surface area contributed by atoms with Crippen LogP contribution in [0, 0.1) is 16.7 Å². The summed E-state index contributed by atoms with van der Waals surface area (Å²) in [5, 5.41) is 0. The van der Waals surface area contributed by atoms with Gasteiger partial charge in [0.2, 0.25) is 0 Å². The number of hydrogen-bond acceptors (Lipinski definition) is 1. The van der Waals surface area contributed by atoms with Crippen molar-refractivity contribution in [1.82, 2.24) is 0 Å². The summed E-state index contributed by atoms with van der Waals surface area (Å²) in [6.45, 7) is 9.76. The van der Waals surface area contributed by atoms with Gasteiger partial charge in [-0.2, -0.15) is 0 Å². The topological polar surface area (TPSA) is 12.5 Å². The Balaban J connectivity index is 1.94. The molecule has 2 aliphatic carbocycles. The Hall–Kier alpha value is -0.0400. The zero-order valence-electron chi connectivity index (χ0n) is 10.6.